The molecule has 0 unspecified atom stereocenters. The summed E-state index contributed by atoms with van der Waals surface area (Å²) in [4.78, 5) is 15.7. The van der Waals surface area contributed by atoms with Crippen molar-refractivity contribution in [2.75, 3.05) is 6.54 Å². The molecule has 21 heavy (non-hydrogen) atoms. The van der Waals surface area contributed by atoms with Crippen molar-refractivity contribution in [2.45, 2.75) is 90.6 Å². The summed E-state index contributed by atoms with van der Waals surface area (Å²) in [6.45, 7) is 23.2. The first kappa shape index (κ1) is 20.9. The lowest BCUT2D eigenvalue weighted by Crippen LogP contribution is -2.52. The van der Waals surface area contributed by atoms with E-state index in [4.69, 9.17) is 4.43 Å². The van der Waals surface area contributed by atoms with Crippen LogP contribution in [0.1, 0.15) is 54.4 Å². The van der Waals surface area contributed by atoms with Crippen molar-refractivity contribution >= 4 is 22.5 Å². The van der Waals surface area contributed by atoms with Crippen molar-refractivity contribution in [1.29, 1.82) is 0 Å². The van der Waals surface area contributed by atoms with Gasteiger partial charge in [-0.2, -0.15) is 0 Å². The number of rotatable bonds is 6. The van der Waals surface area contributed by atoms with Gasteiger partial charge in [0, 0.05) is 6.42 Å². The van der Waals surface area contributed by atoms with Gasteiger partial charge in [-0.15, -0.1) is 0 Å². The minimum absolute atomic E-state index is 0.0291. The van der Waals surface area contributed by atoms with Crippen LogP contribution in [0.4, 0.5) is 0 Å². The van der Waals surface area contributed by atoms with E-state index in [1.54, 1.807) is 0 Å². The lowest BCUT2D eigenvalue weighted by atomic mass is 10.2. The van der Waals surface area contributed by atoms with Crippen molar-refractivity contribution in [3.8, 4) is 0 Å². The second-order valence-corrected chi connectivity index (χ2v) is 19.0. The molecular weight excluding hydrogens is 294 g/mol. The molecule has 0 aliphatic heterocycles. The quantitative estimate of drug-likeness (QED) is 0.555. The van der Waals surface area contributed by atoms with Gasteiger partial charge in [-0.3, -0.25) is 4.79 Å². The molecule has 3 nitrogen and oxygen atoms in total. The van der Waals surface area contributed by atoms with Crippen LogP contribution in [-0.4, -0.2) is 29.1 Å². The van der Waals surface area contributed by atoms with Crippen molar-refractivity contribution < 1.29 is 9.22 Å². The second-order valence-electron chi connectivity index (χ2n) is 9.14. The average Bonchev–Trinajstić information content (AvgIpc) is 2.20. The fraction of sp³-hybridized carbons (Fsp3) is 0.938. The van der Waals surface area contributed by atoms with Crippen LogP contribution < -0.4 is 4.98 Å². The molecule has 0 atom stereocenters. The molecule has 0 aromatic rings. The Morgan fingerprint density at radius 2 is 1.43 bits per heavy atom. The summed E-state index contributed by atoms with van der Waals surface area (Å²) in [6, 6.07) is 0. The van der Waals surface area contributed by atoms with Crippen LogP contribution in [0, 0.1) is 0 Å². The Hall–Kier alpha value is -0.136. The van der Waals surface area contributed by atoms with Crippen molar-refractivity contribution in [1.82, 2.24) is 4.98 Å². The number of carbonyl (C=O) groups excluding carboxylic acids is 1. The van der Waals surface area contributed by atoms with Crippen LogP contribution in [0.3, 0.4) is 0 Å². The summed E-state index contributed by atoms with van der Waals surface area (Å²) in [6.07, 6.45) is 1.38. The molecule has 5 heteroatoms. The number of nitrogens with one attached hydrogen (secondary N) is 1. The Balaban J connectivity index is 4.19. The number of hydrogen-bond donors (Lipinski definition) is 1. The van der Waals surface area contributed by atoms with E-state index in [0.717, 1.165) is 13.0 Å². The third-order valence-electron chi connectivity index (χ3n) is 5.17. The standard InChI is InChI=1S/C16H37NO2Si2/c1-15(2,3)20(7,8)17-13-11-12-14(18)19-21(9,10)16(4,5)6/h17H,11-13H2,1-10H3. The molecule has 0 saturated heterocycles. The summed E-state index contributed by atoms with van der Waals surface area (Å²) in [5.74, 6) is -0.0291. The normalized spacial score (nSPS) is 14.2. The maximum Gasteiger partial charge on any atom is 0.292 e. The molecule has 0 saturated carbocycles. The van der Waals surface area contributed by atoms with Gasteiger partial charge in [0.25, 0.3) is 14.3 Å². The molecule has 0 aliphatic rings. The Bertz CT molecular complexity index is 352. The highest BCUT2D eigenvalue weighted by atomic mass is 28.4. The smallest absolute Gasteiger partial charge is 0.292 e. The summed E-state index contributed by atoms with van der Waals surface area (Å²) in [5.41, 5.74) is 0. The van der Waals surface area contributed by atoms with Crippen molar-refractivity contribution in [2.24, 2.45) is 0 Å². The third kappa shape index (κ3) is 6.65. The van der Waals surface area contributed by atoms with Crippen molar-refractivity contribution in [3.05, 3.63) is 0 Å². The Labute approximate surface area is 134 Å². The largest absolute Gasteiger partial charge is 0.519 e. The van der Waals surface area contributed by atoms with E-state index in [1.165, 1.54) is 0 Å². The summed E-state index contributed by atoms with van der Waals surface area (Å²) >= 11 is 0. The highest BCUT2D eigenvalue weighted by Gasteiger charge is 2.40. The minimum atomic E-state index is -1.96. The van der Waals surface area contributed by atoms with Crippen molar-refractivity contribution in [3.63, 3.8) is 0 Å². The molecule has 0 aromatic heterocycles. The zero-order valence-electron chi connectivity index (χ0n) is 15.9. The Morgan fingerprint density at radius 1 is 0.952 bits per heavy atom. The predicted molar refractivity (Wildman–Crippen MR) is 97.7 cm³/mol. The first-order valence-electron chi connectivity index (χ1n) is 8.07. The van der Waals surface area contributed by atoms with Gasteiger partial charge >= 0.3 is 0 Å². The van der Waals surface area contributed by atoms with Gasteiger partial charge in [-0.1, -0.05) is 54.6 Å². The van der Waals surface area contributed by atoms with Gasteiger partial charge in [0.05, 0.1) is 0 Å². The number of hydrogen-bond acceptors (Lipinski definition) is 3. The molecule has 0 amide bonds. The highest BCUT2D eigenvalue weighted by Crippen LogP contribution is 2.37. The molecule has 0 fully saturated rings. The molecule has 126 valence electrons. The zero-order chi connectivity index (χ0) is 17.1. The fourth-order valence-corrected chi connectivity index (χ4v) is 3.70. The predicted octanol–water partition coefficient (Wildman–Crippen LogP) is 4.91. The summed E-state index contributed by atoms with van der Waals surface area (Å²) in [5, 5.41) is 0.413. The van der Waals surface area contributed by atoms with Crippen LogP contribution in [0.25, 0.3) is 0 Å². The van der Waals surface area contributed by atoms with E-state index in [2.05, 4.69) is 72.7 Å². The van der Waals surface area contributed by atoms with Crippen LogP contribution >= 0.6 is 0 Å². The third-order valence-corrected chi connectivity index (χ3v) is 14.4. The van der Waals surface area contributed by atoms with Gasteiger partial charge in [-0.25, -0.2) is 0 Å². The van der Waals surface area contributed by atoms with Gasteiger partial charge < -0.3 is 9.41 Å². The molecule has 0 aliphatic carbocycles. The van der Waals surface area contributed by atoms with E-state index < -0.39 is 16.6 Å². The molecular formula is C16H37NO2Si2. The summed E-state index contributed by atoms with van der Waals surface area (Å²) in [7, 11) is -3.40. The van der Waals surface area contributed by atoms with Gasteiger partial charge in [-0.05, 0) is 36.1 Å². The van der Waals surface area contributed by atoms with E-state index in [1.807, 2.05) is 0 Å². The fourth-order valence-electron chi connectivity index (χ4n) is 1.39. The van der Waals surface area contributed by atoms with Gasteiger partial charge in [0.15, 0.2) is 0 Å². The molecule has 1 N–H and O–H groups in total. The number of carbonyl (C=O) groups is 1. The zero-order valence-corrected chi connectivity index (χ0v) is 17.9. The van der Waals surface area contributed by atoms with Crippen LogP contribution in [0.5, 0.6) is 0 Å². The molecule has 0 aromatic carbocycles. The first-order valence-corrected chi connectivity index (χ1v) is 14.0. The molecule has 0 radical (unpaired) electrons. The Kier molecular flexibility index (Phi) is 6.92. The van der Waals surface area contributed by atoms with Gasteiger partial charge in [0.1, 0.15) is 8.24 Å². The average molecular weight is 332 g/mol. The van der Waals surface area contributed by atoms with Crippen LogP contribution in [0.15, 0.2) is 0 Å². The lowest BCUT2D eigenvalue weighted by Gasteiger charge is -2.37. The SMILES string of the molecule is CC(C)(C)[Si](C)(C)NCCCC(=O)O[Si](C)(C)C(C)(C)C. The topological polar surface area (TPSA) is 38.3 Å². The highest BCUT2D eigenvalue weighted by molar-refractivity contribution is 6.77. The van der Waals surface area contributed by atoms with E-state index >= 15 is 0 Å². The molecule has 0 spiro atoms. The Morgan fingerprint density at radius 3 is 1.81 bits per heavy atom. The maximum atomic E-state index is 12.0. The first-order chi connectivity index (χ1) is 9.10. The monoisotopic (exact) mass is 331 g/mol. The van der Waals surface area contributed by atoms with E-state index in [9.17, 15) is 4.79 Å². The molecule has 0 rings (SSSR count). The van der Waals surface area contributed by atoms with Gasteiger partial charge in [0.2, 0.25) is 0 Å². The van der Waals surface area contributed by atoms with E-state index in [0.29, 0.717) is 11.5 Å². The van der Waals surface area contributed by atoms with E-state index in [-0.39, 0.29) is 11.0 Å². The molecule has 0 heterocycles. The minimum Gasteiger partial charge on any atom is -0.519 e. The molecule has 0 bridgehead atoms. The van der Waals surface area contributed by atoms with Crippen LogP contribution in [-0.2, 0) is 9.22 Å². The lowest BCUT2D eigenvalue weighted by molar-refractivity contribution is -0.135. The van der Waals surface area contributed by atoms with Crippen LogP contribution in [0.2, 0.25) is 36.3 Å². The maximum absolute atomic E-state index is 12.0. The second kappa shape index (κ2) is 6.96. The summed E-state index contributed by atoms with van der Waals surface area (Å²) < 4.78 is 5.79.